The summed E-state index contributed by atoms with van der Waals surface area (Å²) in [7, 11) is 0. The van der Waals surface area contributed by atoms with Crippen LogP contribution in [0.15, 0.2) is 58.3 Å². The van der Waals surface area contributed by atoms with E-state index in [0.29, 0.717) is 4.90 Å². The van der Waals surface area contributed by atoms with Gasteiger partial charge < -0.3 is 10.2 Å². The van der Waals surface area contributed by atoms with E-state index in [4.69, 9.17) is 5.11 Å². The first-order valence-corrected chi connectivity index (χ1v) is 5.78. The summed E-state index contributed by atoms with van der Waals surface area (Å²) in [5.74, 6) is -1.06. The van der Waals surface area contributed by atoms with Crippen LogP contribution < -0.4 is 0 Å². The number of benzene rings is 2. The lowest BCUT2D eigenvalue weighted by Gasteiger charge is -2.07. The summed E-state index contributed by atoms with van der Waals surface area (Å²) < 4.78 is 0. The second-order valence-corrected chi connectivity index (χ2v) is 4.46. The number of carboxylic acids is 1. The maximum atomic E-state index is 11.0. The summed E-state index contributed by atoms with van der Waals surface area (Å²) in [6, 6.07) is 13.8. The molecule has 0 fully saturated rings. The Kier molecular flexibility index (Phi) is 3.35. The minimum Gasteiger partial charge on any atom is -0.507 e. The van der Waals surface area contributed by atoms with Gasteiger partial charge >= 0.3 is 5.97 Å². The van der Waals surface area contributed by atoms with Gasteiger partial charge in [-0.2, -0.15) is 0 Å². The predicted molar refractivity (Wildman–Crippen MR) is 65.6 cm³/mol. The minimum absolute atomic E-state index is 0.0150. The molecule has 2 rings (SSSR count). The fraction of sp³-hybridized carbons (Fsp3) is 0. The molecule has 17 heavy (non-hydrogen) atoms. The molecular weight excluding hydrogens is 236 g/mol. The van der Waals surface area contributed by atoms with Crippen LogP contribution in [0.2, 0.25) is 0 Å². The lowest BCUT2D eigenvalue weighted by atomic mass is 10.2. The number of phenols is 1. The smallest absolute Gasteiger partial charge is 0.336 e. The van der Waals surface area contributed by atoms with Crippen molar-refractivity contribution in [2.45, 2.75) is 9.79 Å². The third-order valence-corrected chi connectivity index (χ3v) is 3.33. The lowest BCUT2D eigenvalue weighted by molar-refractivity contribution is 0.0692. The van der Waals surface area contributed by atoms with Crippen LogP contribution in [0.4, 0.5) is 0 Å². The van der Waals surface area contributed by atoms with Crippen LogP contribution >= 0.6 is 11.8 Å². The number of hydrogen-bond donors (Lipinski definition) is 2. The number of carboxylic acid groups (broad SMARTS) is 1. The van der Waals surface area contributed by atoms with Gasteiger partial charge in [0.15, 0.2) is 0 Å². The fourth-order valence-electron chi connectivity index (χ4n) is 1.41. The molecule has 2 aromatic rings. The number of aromatic carboxylic acids is 1. The third kappa shape index (κ3) is 2.60. The SMILES string of the molecule is O=C(O)c1cccc(O)c1Sc1ccccc1. The molecule has 0 atom stereocenters. The van der Waals surface area contributed by atoms with E-state index in [9.17, 15) is 9.90 Å². The molecule has 0 aliphatic heterocycles. The minimum atomic E-state index is -1.04. The molecule has 2 N–H and O–H groups in total. The standard InChI is InChI=1S/C13H10O3S/c14-11-8-4-7-10(13(15)16)12(11)17-9-5-2-1-3-6-9/h1-8,14H,(H,15,16). The molecular formula is C13H10O3S. The van der Waals surface area contributed by atoms with Crippen LogP contribution in [-0.2, 0) is 0 Å². The maximum absolute atomic E-state index is 11.0. The molecule has 0 saturated carbocycles. The van der Waals surface area contributed by atoms with Gasteiger partial charge in [-0.15, -0.1) is 0 Å². The highest BCUT2D eigenvalue weighted by atomic mass is 32.2. The molecule has 3 nitrogen and oxygen atoms in total. The Morgan fingerprint density at radius 2 is 1.71 bits per heavy atom. The zero-order chi connectivity index (χ0) is 12.3. The number of carbonyl (C=O) groups is 1. The van der Waals surface area contributed by atoms with E-state index in [1.165, 1.54) is 30.0 Å². The quantitative estimate of drug-likeness (QED) is 0.872. The molecule has 0 aliphatic rings. The van der Waals surface area contributed by atoms with Crippen molar-refractivity contribution in [2.24, 2.45) is 0 Å². The van der Waals surface area contributed by atoms with Crippen molar-refractivity contribution in [3.63, 3.8) is 0 Å². The summed E-state index contributed by atoms with van der Waals surface area (Å²) in [5.41, 5.74) is 0.110. The summed E-state index contributed by atoms with van der Waals surface area (Å²) in [5, 5.41) is 18.8. The summed E-state index contributed by atoms with van der Waals surface area (Å²) in [6.07, 6.45) is 0. The molecule has 0 aliphatic carbocycles. The van der Waals surface area contributed by atoms with Crippen molar-refractivity contribution >= 4 is 17.7 Å². The highest BCUT2D eigenvalue weighted by molar-refractivity contribution is 7.99. The lowest BCUT2D eigenvalue weighted by Crippen LogP contribution is -1.98. The average Bonchev–Trinajstić information content (AvgIpc) is 2.33. The Labute approximate surface area is 103 Å². The Bertz CT molecular complexity index is 538. The first-order valence-electron chi connectivity index (χ1n) is 4.96. The van der Waals surface area contributed by atoms with Gasteiger partial charge in [0.25, 0.3) is 0 Å². The molecule has 0 spiro atoms. The first-order chi connectivity index (χ1) is 8.18. The summed E-state index contributed by atoms with van der Waals surface area (Å²) in [6.45, 7) is 0. The largest absolute Gasteiger partial charge is 0.507 e. The van der Waals surface area contributed by atoms with Gasteiger partial charge in [0.1, 0.15) is 5.75 Å². The van der Waals surface area contributed by atoms with E-state index in [1.807, 2.05) is 30.3 Å². The zero-order valence-electron chi connectivity index (χ0n) is 8.83. The van der Waals surface area contributed by atoms with E-state index in [-0.39, 0.29) is 11.3 Å². The molecule has 0 unspecified atom stereocenters. The Morgan fingerprint density at radius 3 is 2.35 bits per heavy atom. The van der Waals surface area contributed by atoms with Gasteiger partial charge in [0, 0.05) is 4.90 Å². The number of rotatable bonds is 3. The third-order valence-electron chi connectivity index (χ3n) is 2.19. The van der Waals surface area contributed by atoms with Crippen molar-refractivity contribution in [3.8, 4) is 5.75 Å². The van der Waals surface area contributed by atoms with E-state index >= 15 is 0 Å². The molecule has 0 radical (unpaired) electrons. The number of hydrogen-bond acceptors (Lipinski definition) is 3. The van der Waals surface area contributed by atoms with Gasteiger partial charge in [-0.05, 0) is 24.3 Å². The van der Waals surface area contributed by atoms with E-state index < -0.39 is 5.97 Å². The Morgan fingerprint density at radius 1 is 1.00 bits per heavy atom. The van der Waals surface area contributed by atoms with Crippen LogP contribution in [0.25, 0.3) is 0 Å². The normalized spacial score (nSPS) is 10.1. The fourth-order valence-corrected chi connectivity index (χ4v) is 2.37. The Hall–Kier alpha value is -1.94. The zero-order valence-corrected chi connectivity index (χ0v) is 9.65. The molecule has 86 valence electrons. The van der Waals surface area contributed by atoms with Crippen LogP contribution in [0, 0.1) is 0 Å². The topological polar surface area (TPSA) is 57.5 Å². The van der Waals surface area contributed by atoms with Crippen LogP contribution in [0.3, 0.4) is 0 Å². The van der Waals surface area contributed by atoms with Crippen molar-refractivity contribution in [1.29, 1.82) is 0 Å². The van der Waals surface area contributed by atoms with Gasteiger partial charge in [0.05, 0.1) is 10.5 Å². The number of phenolic OH excluding ortho intramolecular Hbond substituents is 1. The highest BCUT2D eigenvalue weighted by Crippen LogP contribution is 2.36. The molecule has 0 saturated heterocycles. The van der Waals surface area contributed by atoms with Gasteiger partial charge in [-0.1, -0.05) is 36.0 Å². The van der Waals surface area contributed by atoms with Crippen molar-refractivity contribution in [2.75, 3.05) is 0 Å². The molecule has 0 heterocycles. The molecule has 4 heteroatoms. The molecule has 2 aromatic carbocycles. The maximum Gasteiger partial charge on any atom is 0.336 e. The van der Waals surface area contributed by atoms with Gasteiger partial charge in [-0.3, -0.25) is 0 Å². The second-order valence-electron chi connectivity index (χ2n) is 3.37. The molecule has 0 amide bonds. The van der Waals surface area contributed by atoms with E-state index in [0.717, 1.165) is 4.90 Å². The van der Waals surface area contributed by atoms with Crippen LogP contribution in [-0.4, -0.2) is 16.2 Å². The van der Waals surface area contributed by atoms with Crippen LogP contribution in [0.1, 0.15) is 10.4 Å². The monoisotopic (exact) mass is 246 g/mol. The average molecular weight is 246 g/mol. The summed E-state index contributed by atoms with van der Waals surface area (Å²) in [4.78, 5) is 12.3. The van der Waals surface area contributed by atoms with Crippen molar-refractivity contribution in [1.82, 2.24) is 0 Å². The second kappa shape index (κ2) is 4.93. The number of aromatic hydroxyl groups is 1. The van der Waals surface area contributed by atoms with Gasteiger partial charge in [-0.25, -0.2) is 4.79 Å². The van der Waals surface area contributed by atoms with Crippen molar-refractivity contribution in [3.05, 3.63) is 54.1 Å². The molecule has 0 aromatic heterocycles. The summed E-state index contributed by atoms with van der Waals surface area (Å²) >= 11 is 1.24. The highest BCUT2D eigenvalue weighted by Gasteiger charge is 2.14. The van der Waals surface area contributed by atoms with Crippen molar-refractivity contribution < 1.29 is 15.0 Å². The Balaban J connectivity index is 2.41. The van der Waals surface area contributed by atoms with Gasteiger partial charge in [0.2, 0.25) is 0 Å². The van der Waals surface area contributed by atoms with Crippen LogP contribution in [0.5, 0.6) is 5.75 Å². The van der Waals surface area contributed by atoms with E-state index in [1.54, 1.807) is 0 Å². The first kappa shape index (κ1) is 11.5. The predicted octanol–water partition coefficient (Wildman–Crippen LogP) is 3.24. The van der Waals surface area contributed by atoms with E-state index in [2.05, 4.69) is 0 Å². The molecule has 0 bridgehead atoms.